The molecule has 0 radical (unpaired) electrons. The van der Waals surface area contributed by atoms with Crippen molar-refractivity contribution in [3.8, 4) is 0 Å². The van der Waals surface area contributed by atoms with Gasteiger partial charge in [-0.3, -0.25) is 9.59 Å². The second-order valence-electron chi connectivity index (χ2n) is 6.46. The molecule has 0 bridgehead atoms. The van der Waals surface area contributed by atoms with Gasteiger partial charge in [-0.25, -0.2) is 0 Å². The van der Waals surface area contributed by atoms with Crippen LogP contribution in [-0.2, 0) is 0 Å². The van der Waals surface area contributed by atoms with Crippen LogP contribution >= 0.6 is 23.2 Å². The van der Waals surface area contributed by atoms with Gasteiger partial charge in [-0.05, 0) is 55.3 Å². The third-order valence-electron chi connectivity index (χ3n) is 4.52. The Balaban J connectivity index is 1.71. The molecule has 6 heteroatoms. The highest BCUT2D eigenvalue weighted by Gasteiger charge is 2.19. The Hall–Kier alpha value is -2.04. The summed E-state index contributed by atoms with van der Waals surface area (Å²) in [4.78, 5) is 24.9. The van der Waals surface area contributed by atoms with Crippen LogP contribution in [0.15, 0.2) is 42.5 Å². The highest BCUT2D eigenvalue weighted by atomic mass is 35.5. The maximum atomic E-state index is 12.6. The summed E-state index contributed by atoms with van der Waals surface area (Å²) in [6.07, 6.45) is 5.48. The molecule has 26 heavy (non-hydrogen) atoms. The molecule has 1 aliphatic carbocycles. The molecular formula is C20H20Cl2N2O2. The first-order valence-corrected chi connectivity index (χ1v) is 9.46. The van der Waals surface area contributed by atoms with Gasteiger partial charge in [0.15, 0.2) is 0 Å². The van der Waals surface area contributed by atoms with Crippen molar-refractivity contribution >= 4 is 40.7 Å². The molecule has 4 nitrogen and oxygen atoms in total. The second-order valence-corrected chi connectivity index (χ2v) is 7.31. The van der Waals surface area contributed by atoms with E-state index in [1.807, 2.05) is 0 Å². The molecule has 2 aromatic carbocycles. The maximum absolute atomic E-state index is 12.6. The summed E-state index contributed by atoms with van der Waals surface area (Å²) in [5.74, 6) is -0.480. The molecule has 1 saturated carbocycles. The monoisotopic (exact) mass is 390 g/mol. The topological polar surface area (TPSA) is 58.2 Å². The Labute approximate surface area is 162 Å². The first kappa shape index (κ1) is 18.7. The molecule has 1 fully saturated rings. The van der Waals surface area contributed by atoms with Crippen LogP contribution in [0.1, 0.15) is 52.8 Å². The van der Waals surface area contributed by atoms with E-state index in [4.69, 9.17) is 23.2 Å². The third kappa shape index (κ3) is 4.77. The van der Waals surface area contributed by atoms with Crippen molar-refractivity contribution in [1.29, 1.82) is 0 Å². The van der Waals surface area contributed by atoms with E-state index in [2.05, 4.69) is 10.6 Å². The summed E-state index contributed by atoms with van der Waals surface area (Å²) in [7, 11) is 0. The molecule has 0 atom stereocenters. The Morgan fingerprint density at radius 1 is 0.885 bits per heavy atom. The average molecular weight is 391 g/mol. The molecule has 3 rings (SSSR count). The minimum absolute atomic E-state index is 0.194. The van der Waals surface area contributed by atoms with Crippen molar-refractivity contribution in [2.45, 2.75) is 38.1 Å². The van der Waals surface area contributed by atoms with E-state index in [-0.39, 0.29) is 17.9 Å². The Kier molecular flexibility index (Phi) is 6.17. The quantitative estimate of drug-likeness (QED) is 0.742. The predicted octanol–water partition coefficient (Wildman–Crippen LogP) is 5.31. The molecule has 1 aliphatic rings. The van der Waals surface area contributed by atoms with Crippen molar-refractivity contribution in [2.75, 3.05) is 5.32 Å². The number of amides is 2. The standard InChI is InChI=1S/C20H20Cl2N2O2/c21-14-8-6-13(7-9-14)19(25)24-16-10-11-18(22)17(12-16)20(26)23-15-4-2-1-3-5-15/h6-12,15H,1-5H2,(H,23,26)(H,24,25). The average Bonchev–Trinajstić information content (AvgIpc) is 2.64. The van der Waals surface area contributed by atoms with Crippen molar-refractivity contribution in [1.82, 2.24) is 5.32 Å². The number of carbonyl (C=O) groups is 2. The van der Waals surface area contributed by atoms with E-state index >= 15 is 0 Å². The number of carbonyl (C=O) groups excluding carboxylic acids is 2. The molecule has 0 aromatic heterocycles. The van der Waals surface area contributed by atoms with Crippen LogP contribution in [0.4, 0.5) is 5.69 Å². The number of anilines is 1. The lowest BCUT2D eigenvalue weighted by atomic mass is 9.95. The van der Waals surface area contributed by atoms with Gasteiger partial charge in [0.1, 0.15) is 0 Å². The first-order valence-electron chi connectivity index (χ1n) is 8.70. The Morgan fingerprint density at radius 2 is 1.58 bits per heavy atom. The van der Waals surface area contributed by atoms with Gasteiger partial charge < -0.3 is 10.6 Å². The van der Waals surface area contributed by atoms with E-state index in [1.165, 1.54) is 6.42 Å². The molecule has 2 N–H and O–H groups in total. The van der Waals surface area contributed by atoms with Gasteiger partial charge in [0.2, 0.25) is 0 Å². The number of hydrogen-bond donors (Lipinski definition) is 2. The maximum Gasteiger partial charge on any atom is 0.255 e. The van der Waals surface area contributed by atoms with Crippen molar-refractivity contribution < 1.29 is 9.59 Å². The molecule has 0 saturated heterocycles. The van der Waals surface area contributed by atoms with E-state index in [0.717, 1.165) is 25.7 Å². The van der Waals surface area contributed by atoms with Crippen LogP contribution in [0.25, 0.3) is 0 Å². The van der Waals surface area contributed by atoms with Gasteiger partial charge in [0.05, 0.1) is 10.6 Å². The lowest BCUT2D eigenvalue weighted by molar-refractivity contribution is 0.0926. The highest BCUT2D eigenvalue weighted by molar-refractivity contribution is 6.34. The van der Waals surface area contributed by atoms with Crippen LogP contribution in [0.3, 0.4) is 0 Å². The fraction of sp³-hybridized carbons (Fsp3) is 0.300. The molecule has 0 spiro atoms. The van der Waals surface area contributed by atoms with Crippen molar-refractivity contribution in [2.24, 2.45) is 0 Å². The lowest BCUT2D eigenvalue weighted by Crippen LogP contribution is -2.36. The molecule has 2 amide bonds. The van der Waals surface area contributed by atoms with E-state index in [1.54, 1.807) is 42.5 Å². The van der Waals surface area contributed by atoms with E-state index < -0.39 is 0 Å². The van der Waals surface area contributed by atoms with Gasteiger partial charge in [-0.2, -0.15) is 0 Å². The van der Waals surface area contributed by atoms with Crippen LogP contribution in [-0.4, -0.2) is 17.9 Å². The van der Waals surface area contributed by atoms with Crippen molar-refractivity contribution in [3.05, 3.63) is 63.6 Å². The summed E-state index contributed by atoms with van der Waals surface area (Å²) in [5, 5.41) is 6.76. The van der Waals surface area contributed by atoms with Crippen LogP contribution in [0.5, 0.6) is 0 Å². The zero-order chi connectivity index (χ0) is 18.5. The predicted molar refractivity (Wildman–Crippen MR) is 105 cm³/mol. The summed E-state index contributed by atoms with van der Waals surface area (Å²) in [6.45, 7) is 0. The Morgan fingerprint density at radius 3 is 2.27 bits per heavy atom. The minimum atomic E-state index is -0.275. The van der Waals surface area contributed by atoms with Gasteiger partial charge in [-0.1, -0.05) is 42.5 Å². The number of benzene rings is 2. The summed E-state index contributed by atoms with van der Waals surface area (Å²) in [5.41, 5.74) is 1.37. The third-order valence-corrected chi connectivity index (χ3v) is 5.10. The van der Waals surface area contributed by atoms with Gasteiger partial charge in [-0.15, -0.1) is 0 Å². The summed E-state index contributed by atoms with van der Waals surface area (Å²) >= 11 is 12.0. The Bertz CT molecular complexity index is 800. The lowest BCUT2D eigenvalue weighted by Gasteiger charge is -2.23. The summed E-state index contributed by atoms with van der Waals surface area (Å²) in [6, 6.07) is 11.7. The molecule has 0 aliphatic heterocycles. The second kappa shape index (κ2) is 8.56. The first-order chi connectivity index (χ1) is 12.5. The van der Waals surface area contributed by atoms with Crippen LogP contribution in [0, 0.1) is 0 Å². The minimum Gasteiger partial charge on any atom is -0.349 e. The SMILES string of the molecule is O=C(Nc1ccc(Cl)c(C(=O)NC2CCCCC2)c1)c1ccc(Cl)cc1. The van der Waals surface area contributed by atoms with E-state index in [9.17, 15) is 9.59 Å². The molecule has 0 heterocycles. The number of nitrogens with one attached hydrogen (secondary N) is 2. The van der Waals surface area contributed by atoms with Gasteiger partial charge in [0.25, 0.3) is 11.8 Å². The van der Waals surface area contributed by atoms with Gasteiger partial charge in [0, 0.05) is 22.3 Å². The fourth-order valence-corrected chi connectivity index (χ4v) is 3.42. The zero-order valence-corrected chi connectivity index (χ0v) is 15.7. The smallest absolute Gasteiger partial charge is 0.255 e. The molecule has 136 valence electrons. The molecular weight excluding hydrogens is 371 g/mol. The van der Waals surface area contributed by atoms with Gasteiger partial charge >= 0.3 is 0 Å². The molecule has 0 unspecified atom stereocenters. The van der Waals surface area contributed by atoms with Crippen LogP contribution < -0.4 is 10.6 Å². The normalized spacial score (nSPS) is 14.7. The summed E-state index contributed by atoms with van der Waals surface area (Å²) < 4.78 is 0. The number of halogens is 2. The largest absolute Gasteiger partial charge is 0.349 e. The van der Waals surface area contributed by atoms with E-state index in [0.29, 0.717) is 26.9 Å². The highest BCUT2D eigenvalue weighted by Crippen LogP contribution is 2.23. The number of rotatable bonds is 4. The number of hydrogen-bond acceptors (Lipinski definition) is 2. The van der Waals surface area contributed by atoms with Crippen molar-refractivity contribution in [3.63, 3.8) is 0 Å². The zero-order valence-electron chi connectivity index (χ0n) is 14.2. The molecule has 2 aromatic rings. The van der Waals surface area contributed by atoms with Crippen LogP contribution in [0.2, 0.25) is 10.0 Å². The fourth-order valence-electron chi connectivity index (χ4n) is 3.09.